The summed E-state index contributed by atoms with van der Waals surface area (Å²) in [7, 11) is 0. The lowest BCUT2D eigenvalue weighted by molar-refractivity contribution is 0.0970. The Morgan fingerprint density at radius 3 is 2.29 bits per heavy atom. The second-order valence-electron chi connectivity index (χ2n) is 11.8. The van der Waals surface area contributed by atoms with E-state index in [1.165, 1.54) is 22.4 Å². The quantitative estimate of drug-likeness (QED) is 0.421. The molecule has 0 spiro atoms. The molecule has 5 rings (SSSR count). The Hall–Kier alpha value is -3.33. The van der Waals surface area contributed by atoms with Crippen molar-refractivity contribution in [3.63, 3.8) is 0 Å². The van der Waals surface area contributed by atoms with E-state index in [1.807, 2.05) is 36.1 Å². The standard InChI is InChI=1S/C32H36N2O/c1-21-12-14-23(15-13-21)29(35)34-28-17-16-24(18-25(28)22(2)19-31(34,5)6)32(7)20-30(3,4)33-27-11-9-8-10-26(27)32/h8-19,33H,20H2,1-7H3/t32-/m1/s1. The van der Waals surface area contributed by atoms with Crippen LogP contribution < -0.4 is 10.2 Å². The number of allylic oxidation sites excluding steroid dienone is 1. The monoisotopic (exact) mass is 464 g/mol. The molecule has 2 aliphatic rings. The summed E-state index contributed by atoms with van der Waals surface area (Å²) in [5.74, 6) is 0.0345. The number of hydrogen-bond donors (Lipinski definition) is 1. The van der Waals surface area contributed by atoms with Crippen LogP contribution in [0.4, 0.5) is 11.4 Å². The fourth-order valence-corrected chi connectivity index (χ4v) is 6.29. The molecule has 3 heteroatoms. The summed E-state index contributed by atoms with van der Waals surface area (Å²) in [6.07, 6.45) is 3.21. The zero-order chi connectivity index (χ0) is 25.2. The number of rotatable bonds is 2. The van der Waals surface area contributed by atoms with Crippen LogP contribution in [0.2, 0.25) is 0 Å². The summed E-state index contributed by atoms with van der Waals surface area (Å²) in [5.41, 5.74) is 8.42. The molecule has 0 saturated carbocycles. The number of nitrogens with one attached hydrogen (secondary N) is 1. The maximum absolute atomic E-state index is 13.8. The summed E-state index contributed by atoms with van der Waals surface area (Å²) in [6.45, 7) is 15.4. The van der Waals surface area contributed by atoms with E-state index in [2.05, 4.69) is 95.4 Å². The molecule has 1 atom stereocenters. The first-order chi connectivity index (χ1) is 16.4. The minimum Gasteiger partial charge on any atom is -0.380 e. The smallest absolute Gasteiger partial charge is 0.259 e. The Bertz CT molecular complexity index is 1350. The fourth-order valence-electron chi connectivity index (χ4n) is 6.29. The highest BCUT2D eigenvalue weighted by atomic mass is 16.2. The Morgan fingerprint density at radius 1 is 0.886 bits per heavy atom. The lowest BCUT2D eigenvalue weighted by Crippen LogP contribution is -2.49. The van der Waals surface area contributed by atoms with E-state index in [0.717, 1.165) is 23.2 Å². The SMILES string of the molecule is CC1=CC(C)(C)N(C(=O)c2ccc(C)cc2)c2ccc([C@@]3(C)CC(C)(C)Nc4ccccc43)cc21. The van der Waals surface area contributed by atoms with Crippen LogP contribution in [0.3, 0.4) is 0 Å². The van der Waals surface area contributed by atoms with Crippen LogP contribution in [0, 0.1) is 6.92 Å². The van der Waals surface area contributed by atoms with Gasteiger partial charge in [0.2, 0.25) is 0 Å². The van der Waals surface area contributed by atoms with Crippen molar-refractivity contribution >= 4 is 22.9 Å². The summed E-state index contributed by atoms with van der Waals surface area (Å²) in [6, 6.07) is 23.3. The van der Waals surface area contributed by atoms with Gasteiger partial charge in [-0.15, -0.1) is 0 Å². The van der Waals surface area contributed by atoms with E-state index in [1.54, 1.807) is 0 Å². The third-order valence-corrected chi connectivity index (χ3v) is 7.74. The Balaban J connectivity index is 1.64. The first-order valence-electron chi connectivity index (χ1n) is 12.5. The van der Waals surface area contributed by atoms with Crippen molar-refractivity contribution in [1.29, 1.82) is 0 Å². The molecule has 3 aromatic rings. The van der Waals surface area contributed by atoms with Crippen molar-refractivity contribution in [2.24, 2.45) is 0 Å². The van der Waals surface area contributed by atoms with Gasteiger partial charge in [0, 0.05) is 27.8 Å². The van der Waals surface area contributed by atoms with Crippen molar-refractivity contribution in [2.75, 3.05) is 10.2 Å². The molecule has 0 saturated heterocycles. The normalized spacial score (nSPS) is 21.9. The summed E-state index contributed by atoms with van der Waals surface area (Å²) in [4.78, 5) is 15.7. The van der Waals surface area contributed by atoms with Crippen LogP contribution in [0.5, 0.6) is 0 Å². The molecule has 35 heavy (non-hydrogen) atoms. The number of amides is 1. The van der Waals surface area contributed by atoms with Crippen LogP contribution in [0.25, 0.3) is 5.57 Å². The highest BCUT2D eigenvalue weighted by Crippen LogP contribution is 2.49. The van der Waals surface area contributed by atoms with Gasteiger partial charge in [0.1, 0.15) is 0 Å². The number of fused-ring (bicyclic) bond motifs is 2. The van der Waals surface area contributed by atoms with Crippen LogP contribution in [-0.4, -0.2) is 17.0 Å². The number of carbonyl (C=O) groups excluding carboxylic acids is 1. The van der Waals surface area contributed by atoms with E-state index in [0.29, 0.717) is 5.56 Å². The van der Waals surface area contributed by atoms with Crippen LogP contribution in [-0.2, 0) is 5.41 Å². The lowest BCUT2D eigenvalue weighted by atomic mass is 9.65. The molecule has 0 unspecified atom stereocenters. The molecular weight excluding hydrogens is 428 g/mol. The van der Waals surface area contributed by atoms with Crippen molar-refractivity contribution < 1.29 is 4.79 Å². The zero-order valence-electron chi connectivity index (χ0n) is 22.0. The third-order valence-electron chi connectivity index (χ3n) is 7.74. The topological polar surface area (TPSA) is 32.3 Å². The number of carbonyl (C=O) groups is 1. The lowest BCUT2D eigenvalue weighted by Gasteiger charge is -2.47. The molecule has 0 radical (unpaired) electrons. The van der Waals surface area contributed by atoms with Gasteiger partial charge in [-0.05, 0) is 95.0 Å². The van der Waals surface area contributed by atoms with Crippen LogP contribution in [0.15, 0.2) is 72.8 Å². The Labute approximate surface area is 209 Å². The van der Waals surface area contributed by atoms with Crippen LogP contribution in [0.1, 0.15) is 80.6 Å². The predicted molar refractivity (Wildman–Crippen MR) is 147 cm³/mol. The first kappa shape index (κ1) is 23.4. The molecule has 0 bridgehead atoms. The van der Waals surface area contributed by atoms with Crippen molar-refractivity contribution in [1.82, 2.24) is 0 Å². The summed E-state index contributed by atoms with van der Waals surface area (Å²) in [5, 5.41) is 3.72. The maximum atomic E-state index is 13.8. The third kappa shape index (κ3) is 3.87. The van der Waals surface area contributed by atoms with Gasteiger partial charge in [-0.25, -0.2) is 0 Å². The van der Waals surface area contributed by atoms with Gasteiger partial charge in [0.15, 0.2) is 0 Å². The zero-order valence-corrected chi connectivity index (χ0v) is 22.0. The van der Waals surface area contributed by atoms with E-state index in [4.69, 9.17) is 0 Å². The van der Waals surface area contributed by atoms with Gasteiger partial charge < -0.3 is 5.32 Å². The van der Waals surface area contributed by atoms with Crippen molar-refractivity contribution in [2.45, 2.75) is 71.4 Å². The molecule has 1 amide bonds. The molecule has 0 fully saturated rings. The average Bonchev–Trinajstić information content (AvgIpc) is 2.78. The van der Waals surface area contributed by atoms with E-state index in [9.17, 15) is 4.79 Å². The van der Waals surface area contributed by atoms with Crippen molar-refractivity contribution in [3.8, 4) is 0 Å². The minimum absolute atomic E-state index is 0.0284. The molecule has 0 aliphatic carbocycles. The first-order valence-corrected chi connectivity index (χ1v) is 12.5. The molecule has 0 aromatic heterocycles. The number of hydrogen-bond acceptors (Lipinski definition) is 2. The van der Waals surface area contributed by atoms with Gasteiger partial charge in [-0.1, -0.05) is 55.0 Å². The largest absolute Gasteiger partial charge is 0.380 e. The number of nitrogens with zero attached hydrogens (tertiary/aromatic N) is 1. The molecule has 180 valence electrons. The fraction of sp³-hybridized carbons (Fsp3) is 0.344. The number of anilines is 2. The summed E-state index contributed by atoms with van der Waals surface area (Å²) < 4.78 is 0. The number of aryl methyl sites for hydroxylation is 1. The van der Waals surface area contributed by atoms with E-state index in [-0.39, 0.29) is 16.9 Å². The molecule has 2 heterocycles. The van der Waals surface area contributed by atoms with Gasteiger partial charge in [-0.2, -0.15) is 0 Å². The average molecular weight is 465 g/mol. The summed E-state index contributed by atoms with van der Waals surface area (Å²) >= 11 is 0. The van der Waals surface area contributed by atoms with E-state index >= 15 is 0 Å². The molecule has 1 N–H and O–H groups in total. The molecule has 3 aromatic carbocycles. The minimum atomic E-state index is -0.423. The predicted octanol–water partition coefficient (Wildman–Crippen LogP) is 7.74. The molecular formula is C32H36N2O. The van der Waals surface area contributed by atoms with Crippen molar-refractivity contribution in [3.05, 3.63) is 101 Å². The van der Waals surface area contributed by atoms with Crippen LogP contribution >= 0.6 is 0 Å². The Kier molecular flexibility index (Phi) is 5.25. The van der Waals surface area contributed by atoms with Gasteiger partial charge in [0.05, 0.1) is 11.2 Å². The van der Waals surface area contributed by atoms with Gasteiger partial charge in [-0.3, -0.25) is 9.69 Å². The van der Waals surface area contributed by atoms with Gasteiger partial charge >= 0.3 is 0 Å². The number of para-hydroxylation sites is 1. The second kappa shape index (κ2) is 7.84. The highest BCUT2D eigenvalue weighted by molar-refractivity contribution is 6.10. The second-order valence-corrected chi connectivity index (χ2v) is 11.8. The highest BCUT2D eigenvalue weighted by Gasteiger charge is 2.43. The number of benzene rings is 3. The Morgan fingerprint density at radius 2 is 1.57 bits per heavy atom. The molecule has 3 nitrogen and oxygen atoms in total. The van der Waals surface area contributed by atoms with Gasteiger partial charge in [0.25, 0.3) is 5.91 Å². The maximum Gasteiger partial charge on any atom is 0.259 e. The van der Waals surface area contributed by atoms with E-state index < -0.39 is 5.54 Å². The molecule has 2 aliphatic heterocycles.